The van der Waals surface area contributed by atoms with E-state index in [9.17, 15) is 9.59 Å². The monoisotopic (exact) mass is 340 g/mol. The second-order valence-electron chi connectivity index (χ2n) is 5.76. The lowest BCUT2D eigenvalue weighted by molar-refractivity contribution is -0.132. The van der Waals surface area contributed by atoms with Gasteiger partial charge in [-0.05, 0) is 35.7 Å². The molecule has 6 nitrogen and oxygen atoms in total. The van der Waals surface area contributed by atoms with E-state index in [0.717, 1.165) is 5.39 Å². The van der Waals surface area contributed by atoms with Crippen LogP contribution in [0, 0.1) is 0 Å². The zero-order valence-electron chi connectivity index (χ0n) is 14.2. The highest BCUT2D eigenvalue weighted by Crippen LogP contribution is 2.19. The van der Waals surface area contributed by atoms with Gasteiger partial charge in [0.1, 0.15) is 11.5 Å². The SMILES string of the molecule is CCC(=O)N(Cc1ccco1)Cc1cc2ccc(OC)cc2[nH]c1=O. The lowest BCUT2D eigenvalue weighted by Gasteiger charge is -2.21. The summed E-state index contributed by atoms with van der Waals surface area (Å²) in [6.45, 7) is 2.36. The highest BCUT2D eigenvalue weighted by Gasteiger charge is 2.16. The number of ether oxygens (including phenoxy) is 1. The van der Waals surface area contributed by atoms with Crippen LogP contribution in [0.15, 0.2) is 51.9 Å². The van der Waals surface area contributed by atoms with Crippen LogP contribution >= 0.6 is 0 Å². The number of benzene rings is 1. The van der Waals surface area contributed by atoms with Crippen molar-refractivity contribution in [2.75, 3.05) is 7.11 Å². The van der Waals surface area contributed by atoms with Gasteiger partial charge in [0.05, 0.1) is 32.0 Å². The second-order valence-corrected chi connectivity index (χ2v) is 5.76. The van der Waals surface area contributed by atoms with E-state index in [2.05, 4.69) is 4.98 Å². The number of amides is 1. The normalized spacial score (nSPS) is 10.8. The summed E-state index contributed by atoms with van der Waals surface area (Å²) in [7, 11) is 1.58. The molecule has 1 amide bonds. The lowest BCUT2D eigenvalue weighted by atomic mass is 10.1. The molecule has 0 atom stereocenters. The van der Waals surface area contributed by atoms with Crippen molar-refractivity contribution in [2.24, 2.45) is 0 Å². The number of fused-ring (bicyclic) bond motifs is 1. The Hall–Kier alpha value is -3.02. The third-order valence-electron chi connectivity index (χ3n) is 4.07. The molecule has 0 aliphatic rings. The number of furan rings is 1. The van der Waals surface area contributed by atoms with E-state index in [1.54, 1.807) is 37.3 Å². The molecule has 2 aromatic heterocycles. The fraction of sp³-hybridized carbons (Fsp3) is 0.263. The van der Waals surface area contributed by atoms with Crippen LogP contribution in [0.25, 0.3) is 10.9 Å². The maximum absolute atomic E-state index is 12.4. The van der Waals surface area contributed by atoms with E-state index in [4.69, 9.17) is 9.15 Å². The van der Waals surface area contributed by atoms with Gasteiger partial charge in [-0.15, -0.1) is 0 Å². The summed E-state index contributed by atoms with van der Waals surface area (Å²) in [5, 5.41) is 0.886. The van der Waals surface area contributed by atoms with Crippen LogP contribution in [0.5, 0.6) is 5.75 Å². The molecule has 0 saturated carbocycles. The summed E-state index contributed by atoms with van der Waals surface area (Å²) in [4.78, 5) is 29.2. The molecule has 6 heteroatoms. The Balaban J connectivity index is 1.92. The highest BCUT2D eigenvalue weighted by atomic mass is 16.5. The minimum atomic E-state index is -0.214. The molecule has 1 N–H and O–H groups in total. The van der Waals surface area contributed by atoms with Crippen molar-refractivity contribution in [1.82, 2.24) is 9.88 Å². The molecule has 25 heavy (non-hydrogen) atoms. The van der Waals surface area contributed by atoms with E-state index in [1.165, 1.54) is 0 Å². The number of pyridine rings is 1. The molecule has 3 rings (SSSR count). The highest BCUT2D eigenvalue weighted by molar-refractivity contribution is 5.80. The van der Waals surface area contributed by atoms with Crippen LogP contribution in [-0.2, 0) is 17.9 Å². The Morgan fingerprint density at radius 1 is 1.24 bits per heavy atom. The first-order chi connectivity index (χ1) is 12.1. The predicted molar refractivity (Wildman–Crippen MR) is 94.4 cm³/mol. The Kier molecular flexibility index (Phi) is 4.88. The van der Waals surface area contributed by atoms with E-state index < -0.39 is 0 Å². The summed E-state index contributed by atoms with van der Waals surface area (Å²) in [6, 6.07) is 10.9. The van der Waals surface area contributed by atoms with Crippen molar-refractivity contribution >= 4 is 16.8 Å². The number of aromatic nitrogens is 1. The van der Waals surface area contributed by atoms with E-state index in [0.29, 0.717) is 35.6 Å². The number of nitrogens with one attached hydrogen (secondary N) is 1. The molecule has 130 valence electrons. The number of nitrogens with zero attached hydrogens (tertiary/aromatic N) is 1. The third kappa shape index (κ3) is 3.74. The predicted octanol–water partition coefficient (Wildman–Crippen LogP) is 3.07. The molecule has 0 spiro atoms. The standard InChI is InChI=1S/C19H20N2O4/c1-3-18(22)21(12-16-5-4-8-25-16)11-14-9-13-6-7-15(24-2)10-17(13)20-19(14)23/h4-10H,3,11-12H2,1-2H3,(H,20,23). The molecule has 0 saturated heterocycles. The fourth-order valence-electron chi connectivity index (χ4n) is 2.72. The molecule has 0 aliphatic carbocycles. The van der Waals surface area contributed by atoms with Gasteiger partial charge in [0.15, 0.2) is 0 Å². The van der Waals surface area contributed by atoms with Gasteiger partial charge in [0.25, 0.3) is 5.56 Å². The van der Waals surface area contributed by atoms with Gasteiger partial charge in [0.2, 0.25) is 5.91 Å². The average Bonchev–Trinajstić information content (AvgIpc) is 3.13. The largest absolute Gasteiger partial charge is 0.497 e. The molecule has 2 heterocycles. The number of hydrogen-bond donors (Lipinski definition) is 1. The van der Waals surface area contributed by atoms with E-state index in [1.807, 2.05) is 24.3 Å². The fourth-order valence-corrected chi connectivity index (χ4v) is 2.72. The summed E-state index contributed by atoms with van der Waals surface area (Å²) in [6.07, 6.45) is 1.93. The van der Waals surface area contributed by atoms with E-state index in [-0.39, 0.29) is 18.0 Å². The van der Waals surface area contributed by atoms with Crippen LogP contribution < -0.4 is 10.3 Å². The Morgan fingerprint density at radius 2 is 2.08 bits per heavy atom. The number of hydrogen-bond acceptors (Lipinski definition) is 4. The maximum atomic E-state index is 12.4. The quantitative estimate of drug-likeness (QED) is 0.748. The third-order valence-corrected chi connectivity index (χ3v) is 4.07. The second kappa shape index (κ2) is 7.25. The zero-order chi connectivity index (χ0) is 17.8. The molecule has 0 radical (unpaired) electrons. The molecular formula is C19H20N2O4. The number of H-pyrrole nitrogens is 1. The van der Waals surface area contributed by atoms with Crippen molar-refractivity contribution < 1.29 is 13.9 Å². The van der Waals surface area contributed by atoms with Crippen molar-refractivity contribution in [1.29, 1.82) is 0 Å². The number of aromatic amines is 1. The molecule has 3 aromatic rings. The minimum absolute atomic E-state index is 0.0365. The lowest BCUT2D eigenvalue weighted by Crippen LogP contribution is -2.31. The van der Waals surface area contributed by atoms with Gasteiger partial charge in [-0.1, -0.05) is 6.92 Å². The van der Waals surface area contributed by atoms with Gasteiger partial charge in [0, 0.05) is 18.1 Å². The van der Waals surface area contributed by atoms with Crippen LogP contribution in [0.1, 0.15) is 24.7 Å². The smallest absolute Gasteiger partial charge is 0.253 e. The van der Waals surface area contributed by atoms with Gasteiger partial charge >= 0.3 is 0 Å². The van der Waals surface area contributed by atoms with Crippen LogP contribution in [-0.4, -0.2) is 22.9 Å². The maximum Gasteiger partial charge on any atom is 0.253 e. The molecule has 0 aliphatic heterocycles. The minimum Gasteiger partial charge on any atom is -0.497 e. The van der Waals surface area contributed by atoms with Gasteiger partial charge in [-0.25, -0.2) is 0 Å². The molecule has 0 fully saturated rings. The first-order valence-electron chi connectivity index (χ1n) is 8.11. The van der Waals surface area contributed by atoms with Crippen molar-refractivity contribution in [3.8, 4) is 5.75 Å². The van der Waals surface area contributed by atoms with Gasteiger partial charge < -0.3 is 19.0 Å². The van der Waals surface area contributed by atoms with Crippen molar-refractivity contribution in [3.05, 3.63) is 64.3 Å². The van der Waals surface area contributed by atoms with Crippen LogP contribution in [0.3, 0.4) is 0 Å². The zero-order valence-corrected chi connectivity index (χ0v) is 14.2. The number of methoxy groups -OCH3 is 1. The Morgan fingerprint density at radius 3 is 2.76 bits per heavy atom. The summed E-state index contributed by atoms with van der Waals surface area (Å²) in [5.41, 5.74) is 1.02. The Labute approximate surface area is 145 Å². The van der Waals surface area contributed by atoms with Gasteiger partial charge in [-0.3, -0.25) is 9.59 Å². The van der Waals surface area contributed by atoms with Crippen molar-refractivity contribution in [2.45, 2.75) is 26.4 Å². The summed E-state index contributed by atoms with van der Waals surface area (Å²) < 4.78 is 10.5. The van der Waals surface area contributed by atoms with Gasteiger partial charge in [-0.2, -0.15) is 0 Å². The molecule has 0 bridgehead atoms. The number of carbonyl (C=O) groups excluding carboxylic acids is 1. The Bertz CT molecular complexity index is 928. The van der Waals surface area contributed by atoms with Crippen LogP contribution in [0.2, 0.25) is 0 Å². The summed E-state index contributed by atoms with van der Waals surface area (Å²) in [5.74, 6) is 1.32. The summed E-state index contributed by atoms with van der Waals surface area (Å²) >= 11 is 0. The first-order valence-corrected chi connectivity index (χ1v) is 8.11. The number of carbonyl (C=O) groups is 1. The number of rotatable bonds is 6. The van der Waals surface area contributed by atoms with Crippen LogP contribution in [0.4, 0.5) is 0 Å². The molecular weight excluding hydrogens is 320 g/mol. The van der Waals surface area contributed by atoms with E-state index >= 15 is 0 Å². The molecule has 1 aromatic carbocycles. The topological polar surface area (TPSA) is 75.5 Å². The first kappa shape index (κ1) is 16.8. The average molecular weight is 340 g/mol. The molecule has 0 unspecified atom stereocenters. The van der Waals surface area contributed by atoms with Crippen molar-refractivity contribution in [3.63, 3.8) is 0 Å².